The van der Waals surface area contributed by atoms with Crippen LogP contribution in [0.3, 0.4) is 0 Å². The number of nitrogens with one attached hydrogen (secondary N) is 2. The number of thiazole rings is 1. The Morgan fingerprint density at radius 1 is 1.29 bits per heavy atom. The van der Waals surface area contributed by atoms with Gasteiger partial charge in [0.2, 0.25) is 0 Å². The van der Waals surface area contributed by atoms with Gasteiger partial charge in [-0.05, 0) is 32.0 Å². The molecule has 0 aliphatic heterocycles. The second kappa shape index (κ2) is 9.63. The zero-order valence-electron chi connectivity index (χ0n) is 16.1. The summed E-state index contributed by atoms with van der Waals surface area (Å²) in [7, 11) is 3.16. The number of hydrogen-bond acceptors (Lipinski definition) is 5. The largest absolute Gasteiger partial charge is 0.497 e. The Bertz CT molecular complexity index is 808. The molecule has 2 N–H and O–H groups in total. The summed E-state index contributed by atoms with van der Waals surface area (Å²) in [6, 6.07) is 5.28. The van der Waals surface area contributed by atoms with Gasteiger partial charge in [0.05, 0.1) is 26.8 Å². The Kier molecular flexibility index (Phi) is 7.50. The molecule has 1 atom stereocenters. The predicted molar refractivity (Wildman–Crippen MR) is 103 cm³/mol. The first-order valence-corrected chi connectivity index (χ1v) is 9.44. The lowest BCUT2D eigenvalue weighted by molar-refractivity contribution is -0.140. The Morgan fingerprint density at radius 2 is 2.04 bits per heavy atom. The van der Waals surface area contributed by atoms with Crippen LogP contribution in [0.2, 0.25) is 0 Å². The molecule has 154 valence electrons. The molecule has 0 fully saturated rings. The summed E-state index contributed by atoms with van der Waals surface area (Å²) in [5.41, 5.74) is -0.0313. The van der Waals surface area contributed by atoms with E-state index in [4.69, 9.17) is 9.47 Å². The summed E-state index contributed by atoms with van der Waals surface area (Å²) in [6.07, 6.45) is -4.45. The maximum atomic E-state index is 12.7. The number of alkyl halides is 3. The van der Waals surface area contributed by atoms with Gasteiger partial charge in [0, 0.05) is 17.5 Å². The SMILES string of the molecule is CCNC(=NCc1nc(C(F)(F)F)cs1)NC(C)c1cc(OC)ccc1OC. The molecule has 1 aromatic heterocycles. The maximum Gasteiger partial charge on any atom is 0.434 e. The van der Waals surface area contributed by atoms with Gasteiger partial charge in [-0.25, -0.2) is 9.98 Å². The number of benzene rings is 1. The van der Waals surface area contributed by atoms with E-state index in [2.05, 4.69) is 20.6 Å². The van der Waals surface area contributed by atoms with Gasteiger partial charge in [0.25, 0.3) is 0 Å². The first kappa shape index (κ1) is 21.8. The minimum absolute atomic E-state index is 0.0397. The number of ether oxygens (including phenoxy) is 2. The Balaban J connectivity index is 2.15. The highest BCUT2D eigenvalue weighted by molar-refractivity contribution is 7.09. The van der Waals surface area contributed by atoms with E-state index in [1.165, 1.54) is 0 Å². The highest BCUT2D eigenvalue weighted by Crippen LogP contribution is 2.30. The Hall–Kier alpha value is -2.49. The van der Waals surface area contributed by atoms with Crippen molar-refractivity contribution in [3.63, 3.8) is 0 Å². The third-order valence-corrected chi connectivity index (χ3v) is 4.65. The van der Waals surface area contributed by atoms with Crippen molar-refractivity contribution in [2.75, 3.05) is 20.8 Å². The first-order valence-electron chi connectivity index (χ1n) is 8.56. The van der Waals surface area contributed by atoms with Crippen LogP contribution >= 0.6 is 11.3 Å². The van der Waals surface area contributed by atoms with Crippen LogP contribution in [0, 0.1) is 0 Å². The monoisotopic (exact) mass is 416 g/mol. The third-order valence-electron chi connectivity index (χ3n) is 3.82. The molecule has 0 saturated carbocycles. The van der Waals surface area contributed by atoms with Gasteiger partial charge in [-0.2, -0.15) is 13.2 Å². The van der Waals surface area contributed by atoms with Crippen LogP contribution in [-0.2, 0) is 12.7 Å². The molecule has 0 saturated heterocycles. The van der Waals surface area contributed by atoms with Crippen LogP contribution in [0.5, 0.6) is 11.5 Å². The van der Waals surface area contributed by atoms with E-state index in [0.29, 0.717) is 24.0 Å². The standard InChI is InChI=1S/C18H23F3N4O2S/c1-5-22-17(23-9-16-25-15(10-28-16)18(19,20)21)24-11(2)13-8-12(26-3)6-7-14(13)27-4/h6-8,10-11H,5,9H2,1-4H3,(H2,22,23,24). The van der Waals surface area contributed by atoms with Gasteiger partial charge >= 0.3 is 6.18 Å². The second-order valence-electron chi connectivity index (χ2n) is 5.79. The average molecular weight is 416 g/mol. The van der Waals surface area contributed by atoms with Crippen molar-refractivity contribution < 1.29 is 22.6 Å². The smallest absolute Gasteiger partial charge is 0.434 e. The van der Waals surface area contributed by atoms with Crippen LogP contribution in [0.1, 0.15) is 36.2 Å². The van der Waals surface area contributed by atoms with Crippen molar-refractivity contribution in [1.29, 1.82) is 0 Å². The summed E-state index contributed by atoms with van der Waals surface area (Å²) in [5.74, 6) is 1.84. The van der Waals surface area contributed by atoms with Crippen LogP contribution < -0.4 is 20.1 Å². The van der Waals surface area contributed by atoms with Crippen molar-refractivity contribution in [2.45, 2.75) is 32.6 Å². The minimum atomic E-state index is -4.45. The zero-order chi connectivity index (χ0) is 20.7. The van der Waals surface area contributed by atoms with Crippen molar-refractivity contribution in [3.05, 3.63) is 39.8 Å². The van der Waals surface area contributed by atoms with Gasteiger partial charge < -0.3 is 20.1 Å². The van der Waals surface area contributed by atoms with E-state index in [0.717, 1.165) is 22.3 Å². The normalized spacial score (nSPS) is 13.2. The maximum absolute atomic E-state index is 12.7. The number of halogens is 3. The highest BCUT2D eigenvalue weighted by atomic mass is 32.1. The molecule has 0 aliphatic rings. The lowest BCUT2D eigenvalue weighted by Crippen LogP contribution is -2.38. The molecule has 0 bridgehead atoms. The molecule has 0 amide bonds. The van der Waals surface area contributed by atoms with Gasteiger partial charge in [-0.1, -0.05) is 0 Å². The van der Waals surface area contributed by atoms with Crippen molar-refractivity contribution in [2.24, 2.45) is 4.99 Å². The fourth-order valence-corrected chi connectivity index (χ4v) is 3.17. The number of aliphatic imine (C=N–C) groups is 1. The topological polar surface area (TPSA) is 67.8 Å². The van der Waals surface area contributed by atoms with Crippen molar-refractivity contribution >= 4 is 17.3 Å². The molecule has 1 unspecified atom stereocenters. The molecule has 6 nitrogen and oxygen atoms in total. The first-order chi connectivity index (χ1) is 13.3. The summed E-state index contributed by atoms with van der Waals surface area (Å²) < 4.78 is 48.7. The molecule has 1 aromatic carbocycles. The summed E-state index contributed by atoms with van der Waals surface area (Å²) in [6.45, 7) is 4.46. The third kappa shape index (κ3) is 5.75. The zero-order valence-corrected chi connectivity index (χ0v) is 16.9. The van der Waals surface area contributed by atoms with Gasteiger partial charge in [-0.3, -0.25) is 0 Å². The molecule has 2 aromatic rings. The molecule has 28 heavy (non-hydrogen) atoms. The summed E-state index contributed by atoms with van der Waals surface area (Å²) >= 11 is 0.932. The number of methoxy groups -OCH3 is 2. The molecule has 0 spiro atoms. The number of rotatable bonds is 7. The van der Waals surface area contributed by atoms with E-state index in [1.807, 2.05) is 26.0 Å². The van der Waals surface area contributed by atoms with Crippen LogP contribution in [0.25, 0.3) is 0 Å². The fourth-order valence-electron chi connectivity index (χ4n) is 2.44. The molecular weight excluding hydrogens is 393 g/mol. The van der Waals surface area contributed by atoms with Gasteiger partial charge in [0.15, 0.2) is 11.7 Å². The lowest BCUT2D eigenvalue weighted by atomic mass is 10.1. The molecular formula is C18H23F3N4O2S. The van der Waals surface area contributed by atoms with E-state index in [-0.39, 0.29) is 17.6 Å². The van der Waals surface area contributed by atoms with Crippen LogP contribution in [0.4, 0.5) is 13.2 Å². The second-order valence-corrected chi connectivity index (χ2v) is 6.74. The molecule has 1 heterocycles. The van der Waals surface area contributed by atoms with Crippen LogP contribution in [0.15, 0.2) is 28.6 Å². The van der Waals surface area contributed by atoms with Crippen LogP contribution in [-0.4, -0.2) is 31.7 Å². The van der Waals surface area contributed by atoms with Gasteiger partial charge in [-0.15, -0.1) is 11.3 Å². The van der Waals surface area contributed by atoms with E-state index < -0.39 is 11.9 Å². The lowest BCUT2D eigenvalue weighted by Gasteiger charge is -2.20. The summed E-state index contributed by atoms with van der Waals surface area (Å²) in [4.78, 5) is 7.94. The van der Waals surface area contributed by atoms with Gasteiger partial charge in [0.1, 0.15) is 16.5 Å². The Labute approximate surface area is 165 Å². The minimum Gasteiger partial charge on any atom is -0.497 e. The molecule has 0 radical (unpaired) electrons. The van der Waals surface area contributed by atoms with E-state index >= 15 is 0 Å². The van der Waals surface area contributed by atoms with E-state index in [9.17, 15) is 13.2 Å². The predicted octanol–water partition coefficient (Wildman–Crippen LogP) is 4.00. The number of nitrogens with zero attached hydrogens (tertiary/aromatic N) is 2. The fraction of sp³-hybridized carbons (Fsp3) is 0.444. The number of guanidine groups is 1. The number of hydrogen-bond donors (Lipinski definition) is 2. The quantitative estimate of drug-likeness (QED) is 0.528. The summed E-state index contributed by atoms with van der Waals surface area (Å²) in [5, 5.41) is 7.59. The molecule has 10 heteroatoms. The highest BCUT2D eigenvalue weighted by Gasteiger charge is 2.33. The average Bonchev–Trinajstić information content (AvgIpc) is 3.15. The van der Waals surface area contributed by atoms with Crippen molar-refractivity contribution in [1.82, 2.24) is 15.6 Å². The molecule has 0 aliphatic carbocycles. The van der Waals surface area contributed by atoms with Crippen molar-refractivity contribution in [3.8, 4) is 11.5 Å². The molecule has 2 rings (SSSR count). The van der Waals surface area contributed by atoms with E-state index in [1.54, 1.807) is 20.3 Å². The Morgan fingerprint density at radius 3 is 2.61 bits per heavy atom. The number of aromatic nitrogens is 1.